The van der Waals surface area contributed by atoms with Crippen LogP contribution in [0, 0.1) is 11.7 Å². The number of alkyl halides is 3. The molecule has 1 aliphatic rings. The largest absolute Gasteiger partial charge is 0.491 e. The van der Waals surface area contributed by atoms with Crippen LogP contribution in [0.2, 0.25) is 0 Å². The number of H-pyrrole nitrogens is 2. The van der Waals surface area contributed by atoms with E-state index in [4.69, 9.17) is 21.7 Å². The molecule has 0 unspecified atom stereocenters. The number of hydrogen-bond donors (Lipinski definition) is 3. The fourth-order valence-corrected chi connectivity index (χ4v) is 5.47. The van der Waals surface area contributed by atoms with E-state index in [9.17, 15) is 22.8 Å². The van der Waals surface area contributed by atoms with E-state index in [1.165, 1.54) is 12.1 Å². The minimum absolute atomic E-state index is 0.0574. The minimum atomic E-state index is -5.28. The molecule has 1 fully saturated rings. The number of aromatic nitrogens is 4. The molecule has 1 aliphatic heterocycles. The molecule has 0 bridgehead atoms. The van der Waals surface area contributed by atoms with Gasteiger partial charge in [-0.05, 0) is 70.2 Å². The summed E-state index contributed by atoms with van der Waals surface area (Å²) in [7, 11) is 0. The summed E-state index contributed by atoms with van der Waals surface area (Å²) in [6.45, 7) is 7.17. The molecule has 3 heterocycles. The molecule has 5 rings (SSSR count). The monoisotopic (exact) mass is 628 g/mol. The number of esters is 1. The molecule has 0 spiro atoms. The fraction of sp³-hybridized carbons (Fsp3) is 0.367. The Labute approximate surface area is 256 Å². The summed E-state index contributed by atoms with van der Waals surface area (Å²) in [5.74, 6) is -3.32. The summed E-state index contributed by atoms with van der Waals surface area (Å²) in [6, 6.07) is 12.9. The molecule has 44 heavy (non-hydrogen) atoms. The highest BCUT2D eigenvalue weighted by molar-refractivity contribution is 7.71. The van der Waals surface area contributed by atoms with E-state index in [2.05, 4.69) is 30.4 Å². The van der Waals surface area contributed by atoms with Gasteiger partial charge >= 0.3 is 12.1 Å². The Morgan fingerprint density at radius 2 is 1.91 bits per heavy atom. The maximum atomic E-state index is 13.6. The number of pyridine rings is 1. The maximum absolute atomic E-state index is 13.6. The van der Waals surface area contributed by atoms with E-state index in [1.54, 1.807) is 0 Å². The number of carbonyl (C=O) groups is 2. The van der Waals surface area contributed by atoms with Crippen LogP contribution < -0.4 is 14.8 Å². The topological polar surface area (TPSA) is 125 Å². The first-order valence-electron chi connectivity index (χ1n) is 14.0. The van der Waals surface area contributed by atoms with Crippen LogP contribution in [0.5, 0.6) is 11.5 Å². The molecule has 2 aromatic heterocycles. The number of rotatable bonds is 8. The van der Waals surface area contributed by atoms with Crippen LogP contribution in [-0.4, -0.2) is 68.3 Å². The predicted octanol–water partition coefficient (Wildman–Crippen LogP) is 5.37. The van der Waals surface area contributed by atoms with Crippen LogP contribution in [0.4, 0.5) is 13.2 Å². The number of aromatic amines is 2. The second-order valence-electron chi connectivity index (χ2n) is 10.9. The number of halogens is 3. The van der Waals surface area contributed by atoms with E-state index >= 15 is 0 Å². The van der Waals surface area contributed by atoms with Crippen molar-refractivity contribution in [1.82, 2.24) is 30.4 Å². The number of piperidine rings is 1. The van der Waals surface area contributed by atoms with E-state index < -0.39 is 29.8 Å². The van der Waals surface area contributed by atoms with Gasteiger partial charge in [-0.25, -0.2) is 9.78 Å². The molecule has 1 amide bonds. The average Bonchev–Trinajstić information content (AvgIpc) is 3.41. The minimum Gasteiger partial charge on any atom is -0.489 e. The van der Waals surface area contributed by atoms with Crippen LogP contribution in [0.25, 0.3) is 10.9 Å². The second-order valence-corrected chi connectivity index (χ2v) is 11.3. The van der Waals surface area contributed by atoms with Gasteiger partial charge in [0.15, 0.2) is 0 Å². The molecule has 0 aliphatic carbocycles. The van der Waals surface area contributed by atoms with Crippen molar-refractivity contribution in [3.8, 4) is 11.5 Å². The number of nitrogens with one attached hydrogen (secondary N) is 3. The lowest BCUT2D eigenvalue weighted by Gasteiger charge is -2.40. The summed E-state index contributed by atoms with van der Waals surface area (Å²) in [4.78, 5) is 36.5. The third kappa shape index (κ3) is 7.08. The first-order valence-corrected chi connectivity index (χ1v) is 14.4. The maximum Gasteiger partial charge on any atom is 0.491 e. The molecule has 10 nitrogen and oxygen atoms in total. The van der Waals surface area contributed by atoms with Crippen LogP contribution in [0.1, 0.15) is 53.6 Å². The van der Waals surface area contributed by atoms with Crippen molar-refractivity contribution >= 4 is 35.0 Å². The Balaban J connectivity index is 1.42. The standard InChI is InChI=1S/C30H31F3N6O4S/c1-16(2)39-11-10-21(26-36-29(44)38-37-26)24(14-39)35-27(40)22-9-8-19(13-25(22)43-28(41)30(31,32)33)42-15-18-12-17(3)34-23-7-5-4-6-20(18)23/h4-9,12-13,16,21,24H,10-11,14-15H2,1-3H3,(H,35,40)(H2,36,37,38,44)/t21-,24+/m0/s1. The van der Waals surface area contributed by atoms with Gasteiger partial charge in [-0.3, -0.25) is 24.9 Å². The van der Waals surface area contributed by atoms with Gasteiger partial charge < -0.3 is 14.8 Å². The van der Waals surface area contributed by atoms with Gasteiger partial charge in [0.2, 0.25) is 4.77 Å². The highest BCUT2D eigenvalue weighted by Crippen LogP contribution is 2.31. The van der Waals surface area contributed by atoms with Crippen LogP contribution >= 0.6 is 12.2 Å². The Kier molecular flexibility index (Phi) is 9.02. The molecular formula is C30H31F3N6O4S. The highest BCUT2D eigenvalue weighted by atomic mass is 32.1. The van der Waals surface area contributed by atoms with Crippen LogP contribution in [-0.2, 0) is 11.4 Å². The molecule has 2 atom stereocenters. The van der Waals surface area contributed by atoms with E-state index in [0.717, 1.165) is 34.8 Å². The van der Waals surface area contributed by atoms with Crippen molar-refractivity contribution < 1.29 is 32.2 Å². The summed E-state index contributed by atoms with van der Waals surface area (Å²) in [5.41, 5.74) is 2.09. The normalized spacial score (nSPS) is 17.5. The third-order valence-electron chi connectivity index (χ3n) is 7.52. The zero-order valence-corrected chi connectivity index (χ0v) is 25.0. The van der Waals surface area contributed by atoms with Gasteiger partial charge in [-0.15, -0.1) is 0 Å². The van der Waals surface area contributed by atoms with Crippen molar-refractivity contribution in [3.63, 3.8) is 0 Å². The molecule has 1 saturated heterocycles. The second kappa shape index (κ2) is 12.7. The Morgan fingerprint density at radius 1 is 1.14 bits per heavy atom. The lowest BCUT2D eigenvalue weighted by Crippen LogP contribution is -2.53. The predicted molar refractivity (Wildman–Crippen MR) is 158 cm³/mol. The zero-order chi connectivity index (χ0) is 31.6. The number of ether oxygens (including phenoxy) is 2. The fourth-order valence-electron chi connectivity index (χ4n) is 5.32. The molecule has 232 valence electrons. The number of para-hydroxylation sites is 1. The lowest BCUT2D eigenvalue weighted by molar-refractivity contribution is -0.189. The summed E-state index contributed by atoms with van der Waals surface area (Å²) < 4.78 is 50.5. The average molecular weight is 629 g/mol. The van der Waals surface area contributed by atoms with E-state index in [0.29, 0.717) is 18.8 Å². The third-order valence-corrected chi connectivity index (χ3v) is 7.71. The summed E-state index contributed by atoms with van der Waals surface area (Å²) in [6.07, 6.45) is -4.63. The molecule has 4 aromatic rings. The van der Waals surface area contributed by atoms with Crippen LogP contribution in [0.15, 0.2) is 48.5 Å². The SMILES string of the molecule is Cc1cc(COc2ccc(C(=O)N[C@@H]3CN(C(C)C)CC[C@@H]3c3nc(=S)[nH][nH]3)c(OC(=O)C(F)(F)F)c2)c2ccccc2n1. The number of benzene rings is 2. The van der Waals surface area contributed by atoms with Crippen molar-refractivity contribution in [2.45, 2.75) is 58.0 Å². The van der Waals surface area contributed by atoms with Gasteiger partial charge in [0.25, 0.3) is 5.91 Å². The van der Waals surface area contributed by atoms with E-state index in [1.807, 2.05) is 51.1 Å². The van der Waals surface area contributed by atoms with Gasteiger partial charge in [0, 0.05) is 41.2 Å². The molecule has 0 saturated carbocycles. The number of fused-ring (bicyclic) bond motifs is 1. The Hall–Kier alpha value is -4.30. The molecular weight excluding hydrogens is 597 g/mol. The first kappa shape index (κ1) is 31.1. The molecule has 2 aromatic carbocycles. The van der Waals surface area contributed by atoms with Gasteiger partial charge in [0.05, 0.1) is 17.1 Å². The number of carbonyl (C=O) groups excluding carboxylic acids is 2. The van der Waals surface area contributed by atoms with Gasteiger partial charge in [0.1, 0.15) is 23.9 Å². The Morgan fingerprint density at radius 3 is 2.61 bits per heavy atom. The van der Waals surface area contributed by atoms with Crippen molar-refractivity contribution in [1.29, 1.82) is 0 Å². The van der Waals surface area contributed by atoms with Crippen LogP contribution in [0.3, 0.4) is 0 Å². The van der Waals surface area contributed by atoms with Crippen molar-refractivity contribution in [2.75, 3.05) is 13.1 Å². The summed E-state index contributed by atoms with van der Waals surface area (Å²) in [5, 5.41) is 9.48. The smallest absolute Gasteiger partial charge is 0.489 e. The van der Waals surface area contributed by atoms with Crippen molar-refractivity contribution in [2.24, 2.45) is 0 Å². The number of amides is 1. The zero-order valence-electron chi connectivity index (χ0n) is 24.2. The van der Waals surface area contributed by atoms with Crippen molar-refractivity contribution in [3.05, 3.63) is 75.9 Å². The molecule has 0 radical (unpaired) electrons. The van der Waals surface area contributed by atoms with E-state index in [-0.39, 0.29) is 34.7 Å². The number of hydrogen-bond acceptors (Lipinski definition) is 8. The Bertz CT molecular complexity index is 1740. The lowest BCUT2D eigenvalue weighted by atomic mass is 9.89. The molecule has 14 heteroatoms. The summed E-state index contributed by atoms with van der Waals surface area (Å²) >= 11 is 5.10. The number of likely N-dealkylation sites (tertiary alicyclic amines) is 1. The quantitative estimate of drug-likeness (QED) is 0.135. The molecule has 3 N–H and O–H groups in total. The first-order chi connectivity index (χ1) is 20.9. The van der Waals surface area contributed by atoms with Gasteiger partial charge in [-0.2, -0.15) is 13.2 Å². The van der Waals surface area contributed by atoms with Gasteiger partial charge in [-0.1, -0.05) is 18.2 Å². The number of nitrogens with zero attached hydrogens (tertiary/aromatic N) is 3. The number of aryl methyl sites for hydroxylation is 1. The highest BCUT2D eigenvalue weighted by Gasteiger charge is 2.42.